The number of aryl methyl sites for hydroxylation is 2. The summed E-state index contributed by atoms with van der Waals surface area (Å²) in [5.41, 5.74) is 3.39. The summed E-state index contributed by atoms with van der Waals surface area (Å²) < 4.78 is 0. The largest absolute Gasteiger partial charge is 0.324 e. The monoisotopic (exact) mass is 330 g/mol. The lowest BCUT2D eigenvalue weighted by Gasteiger charge is -2.21. The lowest BCUT2D eigenvalue weighted by Crippen LogP contribution is -2.36. The fraction of sp³-hybridized carbons (Fsp3) is 0.222. The van der Waals surface area contributed by atoms with E-state index in [4.69, 9.17) is 11.6 Å². The van der Waals surface area contributed by atoms with Gasteiger partial charge in [-0.1, -0.05) is 29.8 Å². The van der Waals surface area contributed by atoms with Crippen molar-refractivity contribution in [2.24, 2.45) is 0 Å². The van der Waals surface area contributed by atoms with E-state index < -0.39 is 0 Å². The minimum Gasteiger partial charge on any atom is -0.324 e. The van der Waals surface area contributed by atoms with Gasteiger partial charge in [0.25, 0.3) is 0 Å². The number of nitrogens with zero attached hydrogens (tertiary/aromatic N) is 1. The van der Waals surface area contributed by atoms with Crippen molar-refractivity contribution >= 4 is 34.8 Å². The lowest BCUT2D eigenvalue weighted by molar-refractivity contribution is -0.120. The second-order valence-corrected chi connectivity index (χ2v) is 5.89. The molecule has 23 heavy (non-hydrogen) atoms. The number of anilines is 2. The molecule has 4 nitrogen and oxygen atoms in total. The molecule has 120 valence electrons. The van der Waals surface area contributed by atoms with Crippen LogP contribution in [0, 0.1) is 13.8 Å². The lowest BCUT2D eigenvalue weighted by atomic mass is 10.1. The number of nitrogens with one attached hydrogen (secondary N) is 1. The molecule has 1 N–H and O–H groups in total. The van der Waals surface area contributed by atoms with E-state index in [0.29, 0.717) is 10.7 Å². The molecule has 2 aromatic rings. The molecule has 0 aromatic heterocycles. The molecule has 5 heteroatoms. The molecule has 0 atom stereocenters. The van der Waals surface area contributed by atoms with Crippen molar-refractivity contribution in [3.05, 3.63) is 58.6 Å². The Bertz CT molecular complexity index is 744. The van der Waals surface area contributed by atoms with Crippen LogP contribution in [0.25, 0.3) is 0 Å². The van der Waals surface area contributed by atoms with Crippen molar-refractivity contribution in [2.75, 3.05) is 16.8 Å². The van der Waals surface area contributed by atoms with Crippen LogP contribution in [-0.2, 0) is 9.59 Å². The molecule has 0 aliphatic heterocycles. The Morgan fingerprint density at radius 1 is 1.13 bits per heavy atom. The third-order valence-corrected chi connectivity index (χ3v) is 3.70. The third kappa shape index (κ3) is 4.57. The number of hydrogen-bond acceptors (Lipinski definition) is 2. The van der Waals surface area contributed by atoms with Crippen LogP contribution in [-0.4, -0.2) is 18.4 Å². The third-order valence-electron chi connectivity index (χ3n) is 3.47. The standard InChI is InChI=1S/C18H19ClN2O2/c1-12-7-8-13(2)17(9-12)20-18(23)11-21(14(3)22)16-6-4-5-15(19)10-16/h4-10H,11H2,1-3H3,(H,20,23). The van der Waals surface area contributed by atoms with E-state index in [1.807, 2.05) is 32.0 Å². The average Bonchev–Trinajstić information content (AvgIpc) is 2.48. The Labute approximate surface area is 141 Å². The van der Waals surface area contributed by atoms with Crippen LogP contribution in [0.15, 0.2) is 42.5 Å². The number of hydrogen-bond donors (Lipinski definition) is 1. The van der Waals surface area contributed by atoms with E-state index in [1.165, 1.54) is 11.8 Å². The average molecular weight is 331 g/mol. The van der Waals surface area contributed by atoms with Gasteiger partial charge in [-0.15, -0.1) is 0 Å². The molecule has 0 radical (unpaired) electrons. The molecule has 0 spiro atoms. The van der Waals surface area contributed by atoms with Gasteiger partial charge >= 0.3 is 0 Å². The van der Waals surface area contributed by atoms with Gasteiger partial charge in [-0.25, -0.2) is 0 Å². The first-order valence-corrected chi connectivity index (χ1v) is 7.65. The predicted molar refractivity (Wildman–Crippen MR) is 94.0 cm³/mol. The summed E-state index contributed by atoms with van der Waals surface area (Å²) in [6.07, 6.45) is 0. The normalized spacial score (nSPS) is 10.3. The van der Waals surface area contributed by atoms with Gasteiger partial charge in [0.15, 0.2) is 0 Å². The number of carbonyl (C=O) groups excluding carboxylic acids is 2. The van der Waals surface area contributed by atoms with Gasteiger partial charge in [-0.05, 0) is 49.2 Å². The van der Waals surface area contributed by atoms with Gasteiger partial charge in [-0.3, -0.25) is 9.59 Å². The second-order valence-electron chi connectivity index (χ2n) is 5.45. The van der Waals surface area contributed by atoms with E-state index >= 15 is 0 Å². The van der Waals surface area contributed by atoms with E-state index in [-0.39, 0.29) is 18.4 Å². The van der Waals surface area contributed by atoms with Gasteiger partial charge in [0.1, 0.15) is 6.54 Å². The molecule has 2 rings (SSSR count). The summed E-state index contributed by atoms with van der Waals surface area (Å²) in [4.78, 5) is 25.6. The van der Waals surface area contributed by atoms with E-state index in [0.717, 1.165) is 16.8 Å². The summed E-state index contributed by atoms with van der Waals surface area (Å²) in [6, 6.07) is 12.7. The van der Waals surface area contributed by atoms with Crippen LogP contribution in [0.4, 0.5) is 11.4 Å². The fourth-order valence-electron chi connectivity index (χ4n) is 2.23. The Balaban J connectivity index is 2.15. The molecule has 2 aromatic carbocycles. The van der Waals surface area contributed by atoms with Crippen LogP contribution in [0.3, 0.4) is 0 Å². The van der Waals surface area contributed by atoms with Crippen molar-refractivity contribution in [2.45, 2.75) is 20.8 Å². The van der Waals surface area contributed by atoms with Crippen LogP contribution >= 0.6 is 11.6 Å². The Hall–Kier alpha value is -2.33. The van der Waals surface area contributed by atoms with Gasteiger partial charge in [0.2, 0.25) is 11.8 Å². The molecular weight excluding hydrogens is 312 g/mol. The predicted octanol–water partition coefficient (Wildman–Crippen LogP) is 3.95. The van der Waals surface area contributed by atoms with E-state index in [2.05, 4.69) is 5.32 Å². The van der Waals surface area contributed by atoms with Gasteiger partial charge < -0.3 is 10.2 Å². The van der Waals surface area contributed by atoms with Crippen molar-refractivity contribution in [1.82, 2.24) is 0 Å². The highest BCUT2D eigenvalue weighted by Gasteiger charge is 2.16. The molecule has 0 unspecified atom stereocenters. The Morgan fingerprint density at radius 3 is 2.52 bits per heavy atom. The number of amides is 2. The topological polar surface area (TPSA) is 49.4 Å². The Kier molecular flexibility index (Phi) is 5.40. The fourth-order valence-corrected chi connectivity index (χ4v) is 2.42. The Morgan fingerprint density at radius 2 is 1.87 bits per heavy atom. The maximum Gasteiger partial charge on any atom is 0.244 e. The number of carbonyl (C=O) groups is 2. The highest BCUT2D eigenvalue weighted by molar-refractivity contribution is 6.31. The van der Waals surface area contributed by atoms with Crippen molar-refractivity contribution in [3.63, 3.8) is 0 Å². The summed E-state index contributed by atoms with van der Waals surface area (Å²) in [6.45, 7) is 5.24. The van der Waals surface area contributed by atoms with Crippen LogP contribution < -0.4 is 10.2 Å². The number of halogens is 1. The maximum absolute atomic E-state index is 12.3. The SMILES string of the molecule is CC(=O)N(CC(=O)Nc1cc(C)ccc1C)c1cccc(Cl)c1. The molecule has 0 heterocycles. The van der Waals surface area contributed by atoms with Gasteiger partial charge in [0.05, 0.1) is 0 Å². The van der Waals surface area contributed by atoms with E-state index in [1.54, 1.807) is 24.3 Å². The molecule has 0 aliphatic rings. The van der Waals surface area contributed by atoms with Gasteiger partial charge in [-0.2, -0.15) is 0 Å². The first-order chi connectivity index (χ1) is 10.9. The molecule has 0 saturated heterocycles. The summed E-state index contributed by atoms with van der Waals surface area (Å²) in [5, 5.41) is 3.37. The number of rotatable bonds is 4. The first kappa shape index (κ1) is 17.0. The summed E-state index contributed by atoms with van der Waals surface area (Å²) in [7, 11) is 0. The van der Waals surface area contributed by atoms with Crippen LogP contribution in [0.5, 0.6) is 0 Å². The van der Waals surface area contributed by atoms with Crippen molar-refractivity contribution in [3.8, 4) is 0 Å². The smallest absolute Gasteiger partial charge is 0.244 e. The molecule has 0 aliphatic carbocycles. The summed E-state index contributed by atoms with van der Waals surface area (Å²) in [5.74, 6) is -0.475. The maximum atomic E-state index is 12.3. The van der Waals surface area contributed by atoms with E-state index in [9.17, 15) is 9.59 Å². The first-order valence-electron chi connectivity index (χ1n) is 7.27. The summed E-state index contributed by atoms with van der Waals surface area (Å²) >= 11 is 5.96. The van der Waals surface area contributed by atoms with Crippen LogP contribution in [0.1, 0.15) is 18.1 Å². The molecule has 0 fully saturated rings. The highest BCUT2D eigenvalue weighted by Crippen LogP contribution is 2.20. The minimum absolute atomic E-state index is 0.0664. The van der Waals surface area contributed by atoms with Gasteiger partial charge in [0, 0.05) is 23.3 Å². The van der Waals surface area contributed by atoms with Crippen molar-refractivity contribution in [1.29, 1.82) is 0 Å². The molecule has 0 saturated carbocycles. The zero-order valence-electron chi connectivity index (χ0n) is 13.4. The second kappa shape index (κ2) is 7.29. The zero-order valence-corrected chi connectivity index (χ0v) is 14.1. The van der Waals surface area contributed by atoms with Crippen molar-refractivity contribution < 1.29 is 9.59 Å². The molecular formula is C18H19ClN2O2. The molecule has 2 amide bonds. The molecule has 0 bridgehead atoms. The number of benzene rings is 2. The zero-order chi connectivity index (χ0) is 17.0. The highest BCUT2D eigenvalue weighted by atomic mass is 35.5. The quantitative estimate of drug-likeness (QED) is 0.922. The van der Waals surface area contributed by atoms with Crippen LogP contribution in [0.2, 0.25) is 5.02 Å². The minimum atomic E-state index is -0.256.